The Morgan fingerprint density at radius 3 is 2.26 bits per heavy atom. The van der Waals surface area contributed by atoms with Gasteiger partial charge in [-0.05, 0) is 43.6 Å². The zero-order valence-electron chi connectivity index (χ0n) is 10.6. The Labute approximate surface area is 115 Å². The van der Waals surface area contributed by atoms with E-state index in [1.54, 1.807) is 24.3 Å². The maximum Gasteiger partial charge on any atom is 0.248 e. The fraction of sp³-hybridized carbons (Fsp3) is 0.462. The summed E-state index contributed by atoms with van der Waals surface area (Å²) in [6, 6.07) is 6.60. The third-order valence-corrected chi connectivity index (χ3v) is 4.35. The molecule has 2 unspecified atom stereocenters. The van der Waals surface area contributed by atoms with Crippen LogP contribution in [0.3, 0.4) is 0 Å². The SMILES string of the molecule is NC(=O)c1ccc(C(N2CCCCC2)S(=O)O)cc1. The van der Waals surface area contributed by atoms with Crippen molar-refractivity contribution in [3.05, 3.63) is 35.4 Å². The van der Waals surface area contributed by atoms with Crippen molar-refractivity contribution in [2.45, 2.75) is 24.6 Å². The summed E-state index contributed by atoms with van der Waals surface area (Å²) in [6.45, 7) is 1.66. The van der Waals surface area contributed by atoms with E-state index in [0.29, 0.717) is 5.56 Å². The lowest BCUT2D eigenvalue weighted by atomic mass is 10.1. The zero-order valence-corrected chi connectivity index (χ0v) is 11.4. The quantitative estimate of drug-likeness (QED) is 0.820. The number of rotatable bonds is 4. The van der Waals surface area contributed by atoms with E-state index in [1.807, 2.05) is 4.90 Å². The van der Waals surface area contributed by atoms with Gasteiger partial charge in [0, 0.05) is 5.56 Å². The normalized spacial score (nSPS) is 19.8. The first-order valence-electron chi connectivity index (χ1n) is 6.33. The molecule has 0 saturated carbocycles. The topological polar surface area (TPSA) is 83.6 Å². The van der Waals surface area contributed by atoms with Crippen molar-refractivity contribution in [1.82, 2.24) is 4.90 Å². The molecule has 0 radical (unpaired) electrons. The van der Waals surface area contributed by atoms with Crippen LogP contribution < -0.4 is 5.73 Å². The number of primary amides is 1. The summed E-state index contributed by atoms with van der Waals surface area (Å²) >= 11 is -1.96. The Bertz CT molecular complexity index is 469. The highest BCUT2D eigenvalue weighted by Gasteiger charge is 2.26. The Kier molecular flexibility index (Phi) is 4.68. The van der Waals surface area contributed by atoms with Crippen LogP contribution >= 0.6 is 0 Å². The molecule has 5 nitrogen and oxygen atoms in total. The molecule has 1 aromatic rings. The van der Waals surface area contributed by atoms with Crippen LogP contribution in [0.1, 0.15) is 40.6 Å². The van der Waals surface area contributed by atoms with Crippen molar-refractivity contribution in [1.29, 1.82) is 0 Å². The molecule has 0 aliphatic carbocycles. The Hall–Kier alpha value is -1.24. The van der Waals surface area contributed by atoms with Gasteiger partial charge in [0.1, 0.15) is 5.37 Å². The van der Waals surface area contributed by atoms with Crippen molar-refractivity contribution >= 4 is 17.0 Å². The summed E-state index contributed by atoms with van der Waals surface area (Å²) in [5, 5.41) is -0.526. The predicted molar refractivity (Wildman–Crippen MR) is 73.9 cm³/mol. The number of amides is 1. The van der Waals surface area contributed by atoms with E-state index in [2.05, 4.69) is 0 Å². The van der Waals surface area contributed by atoms with Crippen LogP contribution in [0, 0.1) is 0 Å². The second-order valence-electron chi connectivity index (χ2n) is 4.71. The largest absolute Gasteiger partial charge is 0.366 e. The lowest BCUT2D eigenvalue weighted by Gasteiger charge is -2.32. The maximum absolute atomic E-state index is 11.6. The first kappa shape index (κ1) is 14.2. The minimum Gasteiger partial charge on any atom is -0.366 e. The van der Waals surface area contributed by atoms with Gasteiger partial charge in [-0.2, -0.15) is 0 Å². The van der Waals surface area contributed by atoms with Crippen LogP contribution in [-0.2, 0) is 11.1 Å². The molecule has 2 atom stereocenters. The average molecular weight is 282 g/mol. The summed E-state index contributed by atoms with van der Waals surface area (Å²) in [4.78, 5) is 13.0. The number of carbonyl (C=O) groups is 1. The van der Waals surface area contributed by atoms with Gasteiger partial charge in [0.25, 0.3) is 0 Å². The summed E-state index contributed by atoms with van der Waals surface area (Å²) in [7, 11) is 0. The molecule has 1 heterocycles. The summed E-state index contributed by atoms with van der Waals surface area (Å²) in [6.07, 6.45) is 3.27. The smallest absolute Gasteiger partial charge is 0.248 e. The molecule has 2 rings (SSSR count). The number of piperidine rings is 1. The van der Waals surface area contributed by atoms with Crippen LogP contribution in [0.4, 0.5) is 0 Å². The number of likely N-dealkylation sites (tertiary alicyclic amines) is 1. The monoisotopic (exact) mass is 282 g/mol. The highest BCUT2D eigenvalue weighted by molar-refractivity contribution is 7.79. The number of carbonyl (C=O) groups excluding carboxylic acids is 1. The van der Waals surface area contributed by atoms with Crippen molar-refractivity contribution in [3.8, 4) is 0 Å². The van der Waals surface area contributed by atoms with Crippen molar-refractivity contribution in [3.63, 3.8) is 0 Å². The van der Waals surface area contributed by atoms with Gasteiger partial charge in [0.05, 0.1) is 0 Å². The fourth-order valence-electron chi connectivity index (χ4n) is 2.42. The van der Waals surface area contributed by atoms with Gasteiger partial charge in [-0.15, -0.1) is 0 Å². The van der Waals surface area contributed by atoms with E-state index >= 15 is 0 Å². The van der Waals surface area contributed by atoms with Gasteiger partial charge in [-0.3, -0.25) is 9.69 Å². The molecule has 6 heteroatoms. The summed E-state index contributed by atoms with van der Waals surface area (Å²) in [5.74, 6) is -0.494. The number of hydrogen-bond donors (Lipinski definition) is 2. The second kappa shape index (κ2) is 6.27. The van der Waals surface area contributed by atoms with Crippen LogP contribution in [0.25, 0.3) is 0 Å². The average Bonchev–Trinajstić information content (AvgIpc) is 2.40. The molecule has 0 bridgehead atoms. The second-order valence-corrected chi connectivity index (χ2v) is 5.71. The van der Waals surface area contributed by atoms with Crippen molar-refractivity contribution in [2.24, 2.45) is 5.73 Å². The van der Waals surface area contributed by atoms with Crippen LogP contribution in [-0.4, -0.2) is 32.7 Å². The van der Waals surface area contributed by atoms with Crippen LogP contribution in [0.5, 0.6) is 0 Å². The highest BCUT2D eigenvalue weighted by Crippen LogP contribution is 2.27. The van der Waals surface area contributed by atoms with Gasteiger partial charge in [-0.1, -0.05) is 18.6 Å². The Balaban J connectivity index is 2.23. The van der Waals surface area contributed by atoms with Gasteiger partial charge >= 0.3 is 0 Å². The third-order valence-electron chi connectivity index (χ3n) is 3.39. The number of nitrogens with zero attached hydrogens (tertiary/aromatic N) is 1. The molecule has 1 saturated heterocycles. The molecule has 1 aliphatic rings. The third kappa shape index (κ3) is 3.40. The number of nitrogens with two attached hydrogens (primary N) is 1. The minimum atomic E-state index is -1.96. The van der Waals surface area contributed by atoms with Crippen LogP contribution in [0.2, 0.25) is 0 Å². The van der Waals surface area contributed by atoms with Crippen molar-refractivity contribution in [2.75, 3.05) is 13.1 Å². The first-order chi connectivity index (χ1) is 9.09. The molecular formula is C13H18N2O3S. The predicted octanol–water partition coefficient (Wildman–Crippen LogP) is 1.49. The molecule has 1 aromatic carbocycles. The van der Waals surface area contributed by atoms with E-state index in [-0.39, 0.29) is 0 Å². The van der Waals surface area contributed by atoms with Gasteiger partial charge in [0.15, 0.2) is 11.1 Å². The molecule has 0 aromatic heterocycles. The lowest BCUT2D eigenvalue weighted by molar-refractivity contribution is 0.100. The molecular weight excluding hydrogens is 264 g/mol. The van der Waals surface area contributed by atoms with Gasteiger partial charge < -0.3 is 10.3 Å². The highest BCUT2D eigenvalue weighted by atomic mass is 32.2. The molecule has 1 amide bonds. The van der Waals surface area contributed by atoms with Gasteiger partial charge in [-0.25, -0.2) is 4.21 Å². The number of benzene rings is 1. The maximum atomic E-state index is 11.6. The molecule has 3 N–H and O–H groups in total. The lowest BCUT2D eigenvalue weighted by Crippen LogP contribution is -2.35. The van der Waals surface area contributed by atoms with E-state index in [1.165, 1.54) is 6.42 Å². The summed E-state index contributed by atoms with van der Waals surface area (Å²) in [5.41, 5.74) is 6.33. The Morgan fingerprint density at radius 1 is 1.21 bits per heavy atom. The first-order valence-corrected chi connectivity index (χ1v) is 7.50. The van der Waals surface area contributed by atoms with E-state index < -0.39 is 22.4 Å². The molecule has 19 heavy (non-hydrogen) atoms. The van der Waals surface area contributed by atoms with Crippen LogP contribution in [0.15, 0.2) is 24.3 Å². The summed E-state index contributed by atoms with van der Waals surface area (Å²) < 4.78 is 21.1. The molecule has 1 aliphatic heterocycles. The standard InChI is InChI=1S/C13H18N2O3S/c14-12(16)10-4-6-11(7-5-10)13(19(17)18)15-8-2-1-3-9-15/h4-7,13H,1-3,8-9H2,(H2,14,16)(H,17,18). The van der Waals surface area contributed by atoms with E-state index in [4.69, 9.17) is 5.73 Å². The fourth-order valence-corrected chi connectivity index (χ4v) is 3.28. The van der Waals surface area contributed by atoms with Crippen molar-refractivity contribution < 1.29 is 13.6 Å². The van der Waals surface area contributed by atoms with E-state index in [0.717, 1.165) is 31.5 Å². The van der Waals surface area contributed by atoms with Gasteiger partial charge in [0.2, 0.25) is 5.91 Å². The zero-order chi connectivity index (χ0) is 13.8. The Morgan fingerprint density at radius 2 is 1.79 bits per heavy atom. The molecule has 1 fully saturated rings. The minimum absolute atomic E-state index is 0.407. The number of hydrogen-bond acceptors (Lipinski definition) is 3. The molecule has 0 spiro atoms. The molecule has 104 valence electrons. The van der Waals surface area contributed by atoms with E-state index in [9.17, 15) is 13.6 Å².